The molecule has 0 saturated heterocycles. The molecule has 0 aliphatic carbocycles. The third-order valence-corrected chi connectivity index (χ3v) is 0. The molecule has 69 valence electrons. The topological polar surface area (TPSA) is 161 Å². The third-order valence-electron chi connectivity index (χ3n) is 0. The Hall–Kier alpha value is 2.62. The molecule has 0 bridgehead atoms. The standard InChI is InChI=1S/4Al.Ba.Mn.8O/q;;;;2*+2;;;;;4*-1. The van der Waals surface area contributed by atoms with Gasteiger partial charge in [0.2, 0.25) is 0 Å². The molecule has 0 rings (SSSR count). The molecular weight excluding hydrogens is 428 g/mol. The van der Waals surface area contributed by atoms with Gasteiger partial charge in [0.05, 0.1) is 0 Å². The Labute approximate surface area is 156 Å². The Morgan fingerprint density at radius 2 is 0.571 bits per heavy atom. The van der Waals surface area contributed by atoms with Crippen molar-refractivity contribution >= 4 is 111 Å². The summed E-state index contributed by atoms with van der Waals surface area (Å²) in [6.07, 6.45) is 0. The molecule has 0 N–H and O–H groups in total. The van der Waals surface area contributed by atoms with Gasteiger partial charge in [-0.05, 0) is 0 Å². The van der Waals surface area contributed by atoms with Crippen molar-refractivity contribution in [1.82, 2.24) is 0 Å². The summed E-state index contributed by atoms with van der Waals surface area (Å²) in [6.45, 7) is 0. The van der Waals surface area contributed by atoms with E-state index in [1.165, 1.54) is 0 Å². The number of hydrogen-bond donors (Lipinski definition) is 0. The van der Waals surface area contributed by atoms with Crippen LogP contribution in [0.2, 0.25) is 0 Å². The van der Waals surface area contributed by atoms with Crippen LogP contribution in [0.5, 0.6) is 0 Å². The first kappa shape index (κ1) is 36.0. The van der Waals surface area contributed by atoms with Gasteiger partial charge in [-0.1, -0.05) is 0 Å². The molecule has 0 amide bonds. The number of hydrogen-bond acceptors (Lipinski definition) is 8. The van der Waals surface area contributed by atoms with Crippen molar-refractivity contribution in [2.75, 3.05) is 0 Å². The van der Waals surface area contributed by atoms with E-state index in [9.17, 15) is 0 Å². The second kappa shape index (κ2) is 76.2. The monoisotopic (exact) mass is 429 g/mol. The molecule has 0 atom stereocenters. The van der Waals surface area contributed by atoms with Crippen molar-refractivity contribution in [3.8, 4) is 0 Å². The average Bonchev–Trinajstić information content (AvgIpc) is 1.92. The van der Waals surface area contributed by atoms with Crippen molar-refractivity contribution in [2.24, 2.45) is 0 Å². The molecule has 0 fully saturated rings. The van der Waals surface area contributed by atoms with Gasteiger partial charge in [-0.25, -0.2) is 0 Å². The van der Waals surface area contributed by atoms with E-state index < -0.39 is 61.9 Å². The summed E-state index contributed by atoms with van der Waals surface area (Å²) in [5, 5.41) is 0. The summed E-state index contributed by atoms with van der Waals surface area (Å²) in [5.74, 6) is 0. The fourth-order valence-corrected chi connectivity index (χ4v) is 0. The van der Waals surface area contributed by atoms with Crippen molar-refractivity contribution < 1.29 is 48.9 Å². The predicted molar refractivity (Wildman–Crippen MR) is 31.5 cm³/mol. The summed E-state index contributed by atoms with van der Waals surface area (Å²) < 4.78 is 67.7. The summed E-state index contributed by atoms with van der Waals surface area (Å²) in [6, 6.07) is 0. The van der Waals surface area contributed by atoms with Crippen LogP contribution in [0.25, 0.3) is 0 Å². The van der Waals surface area contributed by atoms with E-state index in [0.29, 0.717) is 0 Å². The quantitative estimate of drug-likeness (QED) is 0.344. The molecule has 0 aromatic rings. The fraction of sp³-hybridized carbons (Fsp3) is 0. The van der Waals surface area contributed by atoms with Crippen LogP contribution >= 0.6 is 0 Å². The number of rotatable bonds is 0. The zero-order chi connectivity index (χ0) is 10.8. The third kappa shape index (κ3) is 395. The van der Waals surface area contributed by atoms with Crippen LogP contribution in [0.15, 0.2) is 0 Å². The second-order valence-corrected chi connectivity index (χ2v) is 1.15. The fourth-order valence-electron chi connectivity index (χ4n) is 0. The molecule has 0 aromatic heterocycles. The van der Waals surface area contributed by atoms with Crippen LogP contribution in [0.3, 0.4) is 0 Å². The zero-order valence-electron chi connectivity index (χ0n) is 6.66. The normalized spacial score (nSPS) is 2.29. The average molecular weight is 428 g/mol. The minimum absolute atomic E-state index is 0. The second-order valence-electron chi connectivity index (χ2n) is 0.385. The molecule has 0 saturated carbocycles. The maximum atomic E-state index is 8.46. The van der Waals surface area contributed by atoms with Crippen molar-refractivity contribution in [2.45, 2.75) is 0 Å². The molecule has 0 heterocycles. The van der Waals surface area contributed by atoms with E-state index >= 15 is 0 Å². The molecule has 0 aromatic carbocycles. The molecule has 14 heteroatoms. The van der Waals surface area contributed by atoms with E-state index in [0.717, 1.165) is 0 Å². The van der Waals surface area contributed by atoms with Crippen molar-refractivity contribution in [1.29, 1.82) is 0 Å². The van der Waals surface area contributed by atoms with Crippen LogP contribution < -0.4 is 16.6 Å². The first-order valence-electron chi connectivity index (χ1n) is 1.89. The molecule has 14 heavy (non-hydrogen) atoms. The van der Waals surface area contributed by atoms with Gasteiger partial charge in [0.25, 0.3) is 0 Å². The Bertz CT molecular complexity index is 75.3. The Balaban J connectivity index is -0.0000000145. The molecular formula is Al4BaMnO8. The Morgan fingerprint density at radius 3 is 0.571 bits per heavy atom. The zero-order valence-corrected chi connectivity index (χ0v) is 16.9. The van der Waals surface area contributed by atoms with Crippen molar-refractivity contribution in [3.05, 3.63) is 0 Å². The van der Waals surface area contributed by atoms with Gasteiger partial charge in [0.15, 0.2) is 0 Å². The summed E-state index contributed by atoms with van der Waals surface area (Å²) >= 11 is -7.00. The first-order chi connectivity index (χ1) is 5.66. The van der Waals surface area contributed by atoms with Gasteiger partial charge < -0.3 is 0 Å². The molecule has 1 radical (unpaired) electrons. The molecule has 0 aliphatic rings. The molecule has 0 spiro atoms. The minimum atomic E-state index is -1.75. The first-order valence-corrected chi connectivity index (χ1v) is 5.66. The van der Waals surface area contributed by atoms with E-state index in [1.807, 2.05) is 0 Å². The SMILES string of the molecule is [Ba+2].[Mn+2].[O]=[Al][O-].[O]=[Al][O-].[O]=[Al][O-].[O]=[Al][O-]. The van der Waals surface area contributed by atoms with Gasteiger partial charge in [-0.3, -0.25) is 0 Å². The van der Waals surface area contributed by atoms with Crippen molar-refractivity contribution in [3.63, 3.8) is 0 Å². The van der Waals surface area contributed by atoms with E-state index in [-0.39, 0.29) is 65.9 Å². The van der Waals surface area contributed by atoms with E-state index in [2.05, 4.69) is 0 Å². The maximum absolute atomic E-state index is 8.46. The Morgan fingerprint density at radius 1 is 0.571 bits per heavy atom. The van der Waals surface area contributed by atoms with Crippen LogP contribution in [-0.2, 0) is 32.3 Å². The Kier molecular flexibility index (Phi) is 196. The summed E-state index contributed by atoms with van der Waals surface area (Å²) in [5.41, 5.74) is 0. The van der Waals surface area contributed by atoms with Gasteiger partial charge in [-0.2, -0.15) is 0 Å². The van der Waals surface area contributed by atoms with Crippen LogP contribution in [0.4, 0.5) is 0 Å². The van der Waals surface area contributed by atoms with Gasteiger partial charge in [0.1, 0.15) is 0 Å². The van der Waals surface area contributed by atoms with Gasteiger partial charge in [-0.15, -0.1) is 0 Å². The van der Waals surface area contributed by atoms with Crippen LogP contribution in [0.1, 0.15) is 0 Å². The van der Waals surface area contributed by atoms with Gasteiger partial charge >= 0.3 is 160 Å². The van der Waals surface area contributed by atoms with E-state index in [1.54, 1.807) is 0 Å². The van der Waals surface area contributed by atoms with Crippen LogP contribution in [0, 0.1) is 0 Å². The van der Waals surface area contributed by atoms with Gasteiger partial charge in [0, 0.05) is 0 Å². The summed E-state index contributed by atoms with van der Waals surface area (Å²) in [4.78, 5) is 0. The van der Waals surface area contributed by atoms with E-state index in [4.69, 9.17) is 31.8 Å². The predicted octanol–water partition coefficient (Wildman–Crippen LogP) is -7.14. The molecule has 8 nitrogen and oxygen atoms in total. The molecule has 0 unspecified atom stereocenters. The molecule has 0 aliphatic heterocycles. The summed E-state index contributed by atoms with van der Waals surface area (Å²) in [7, 11) is 0. The van der Waals surface area contributed by atoms with Crippen LogP contribution in [-0.4, -0.2) is 111 Å².